The molecular formula is C8H15N3. The summed E-state index contributed by atoms with van der Waals surface area (Å²) in [4.78, 5) is 0. The first-order valence-corrected chi connectivity index (χ1v) is 3.81. The van der Waals surface area contributed by atoms with Crippen molar-refractivity contribution < 1.29 is 0 Å². The number of anilines is 1. The molecule has 0 spiro atoms. The van der Waals surface area contributed by atoms with Gasteiger partial charge >= 0.3 is 0 Å². The average Bonchev–Trinajstić information content (AvgIpc) is 2.30. The van der Waals surface area contributed by atoms with Crippen LogP contribution >= 0.6 is 0 Å². The lowest BCUT2D eigenvalue weighted by molar-refractivity contribution is 0.577. The normalized spacial score (nSPS) is 10.9. The van der Waals surface area contributed by atoms with Gasteiger partial charge in [0.25, 0.3) is 0 Å². The predicted molar refractivity (Wildman–Crippen MR) is 47.1 cm³/mol. The van der Waals surface area contributed by atoms with Crippen molar-refractivity contribution in [2.24, 2.45) is 5.73 Å². The van der Waals surface area contributed by atoms with Crippen LogP contribution in [0, 0.1) is 0 Å². The standard InChI is InChI=1S/C8H15N3/c1-6(2)11-5-7(10)3-8(11)4-9/h3,5-6H,4,9-10H2,1-2H3. The van der Waals surface area contributed by atoms with Gasteiger partial charge in [0.05, 0.1) is 0 Å². The zero-order valence-electron chi connectivity index (χ0n) is 7.04. The van der Waals surface area contributed by atoms with Gasteiger partial charge in [-0.15, -0.1) is 0 Å². The number of nitrogen functional groups attached to an aromatic ring is 1. The fraction of sp³-hybridized carbons (Fsp3) is 0.500. The van der Waals surface area contributed by atoms with Gasteiger partial charge in [-0.2, -0.15) is 0 Å². The van der Waals surface area contributed by atoms with E-state index in [9.17, 15) is 0 Å². The van der Waals surface area contributed by atoms with E-state index in [0.717, 1.165) is 11.4 Å². The van der Waals surface area contributed by atoms with Crippen LogP contribution in [0.3, 0.4) is 0 Å². The molecule has 0 saturated heterocycles. The third kappa shape index (κ3) is 1.54. The zero-order chi connectivity index (χ0) is 8.43. The Morgan fingerprint density at radius 3 is 2.55 bits per heavy atom. The van der Waals surface area contributed by atoms with Crippen LogP contribution in [0.4, 0.5) is 5.69 Å². The molecule has 0 radical (unpaired) electrons. The summed E-state index contributed by atoms with van der Waals surface area (Å²) in [6.45, 7) is 4.77. The molecule has 0 aliphatic rings. The molecule has 0 aliphatic heterocycles. The van der Waals surface area contributed by atoms with Gasteiger partial charge in [0.2, 0.25) is 0 Å². The summed E-state index contributed by atoms with van der Waals surface area (Å²) in [6.07, 6.45) is 1.92. The fourth-order valence-corrected chi connectivity index (χ4v) is 1.19. The van der Waals surface area contributed by atoms with Crippen LogP contribution in [0.25, 0.3) is 0 Å². The fourth-order valence-electron chi connectivity index (χ4n) is 1.19. The number of rotatable bonds is 2. The highest BCUT2D eigenvalue weighted by atomic mass is 15.0. The van der Waals surface area contributed by atoms with Crippen molar-refractivity contribution in [3.05, 3.63) is 18.0 Å². The van der Waals surface area contributed by atoms with Gasteiger partial charge in [-0.3, -0.25) is 0 Å². The third-order valence-corrected chi connectivity index (χ3v) is 1.72. The Morgan fingerprint density at radius 2 is 2.18 bits per heavy atom. The van der Waals surface area contributed by atoms with Gasteiger partial charge in [0.1, 0.15) is 0 Å². The molecule has 4 N–H and O–H groups in total. The number of hydrogen-bond donors (Lipinski definition) is 2. The quantitative estimate of drug-likeness (QED) is 0.668. The summed E-state index contributed by atoms with van der Waals surface area (Å²) in [5.74, 6) is 0. The first kappa shape index (κ1) is 8.14. The third-order valence-electron chi connectivity index (χ3n) is 1.72. The molecule has 3 nitrogen and oxygen atoms in total. The lowest BCUT2D eigenvalue weighted by Crippen LogP contribution is -2.07. The number of nitrogens with zero attached hydrogens (tertiary/aromatic N) is 1. The Labute approximate surface area is 67.0 Å². The van der Waals surface area contributed by atoms with Crippen LogP contribution in [0.15, 0.2) is 12.3 Å². The van der Waals surface area contributed by atoms with Crippen LogP contribution in [-0.4, -0.2) is 4.57 Å². The summed E-state index contributed by atoms with van der Waals surface area (Å²) < 4.78 is 2.09. The molecule has 0 unspecified atom stereocenters. The number of hydrogen-bond acceptors (Lipinski definition) is 2. The molecule has 0 atom stereocenters. The molecule has 0 bridgehead atoms. The van der Waals surface area contributed by atoms with Crippen molar-refractivity contribution in [1.29, 1.82) is 0 Å². The average molecular weight is 153 g/mol. The van der Waals surface area contributed by atoms with Crippen LogP contribution in [-0.2, 0) is 6.54 Å². The molecule has 1 aromatic heterocycles. The smallest absolute Gasteiger partial charge is 0.0497 e. The highest BCUT2D eigenvalue weighted by molar-refractivity contribution is 5.39. The monoisotopic (exact) mass is 153 g/mol. The molecular weight excluding hydrogens is 138 g/mol. The van der Waals surface area contributed by atoms with Crippen LogP contribution < -0.4 is 11.5 Å². The molecule has 0 saturated carbocycles. The molecule has 0 aromatic carbocycles. The summed E-state index contributed by atoms with van der Waals surface area (Å²) in [6, 6.07) is 2.35. The van der Waals surface area contributed by atoms with Gasteiger partial charge in [0, 0.05) is 30.2 Å². The molecule has 0 amide bonds. The largest absolute Gasteiger partial charge is 0.397 e. The SMILES string of the molecule is CC(C)n1cc(N)cc1CN. The zero-order valence-corrected chi connectivity index (χ0v) is 7.04. The highest BCUT2D eigenvalue weighted by Gasteiger charge is 2.04. The van der Waals surface area contributed by atoms with Crippen molar-refractivity contribution >= 4 is 5.69 Å². The minimum Gasteiger partial charge on any atom is -0.397 e. The maximum Gasteiger partial charge on any atom is 0.0497 e. The topological polar surface area (TPSA) is 57.0 Å². The lowest BCUT2D eigenvalue weighted by Gasteiger charge is -2.10. The van der Waals surface area contributed by atoms with Crippen molar-refractivity contribution in [2.45, 2.75) is 26.4 Å². The van der Waals surface area contributed by atoms with E-state index in [-0.39, 0.29) is 0 Å². The van der Waals surface area contributed by atoms with Gasteiger partial charge in [-0.1, -0.05) is 0 Å². The Morgan fingerprint density at radius 1 is 1.55 bits per heavy atom. The second kappa shape index (κ2) is 2.96. The molecule has 62 valence electrons. The summed E-state index contributed by atoms with van der Waals surface area (Å²) in [5, 5.41) is 0. The molecule has 1 heterocycles. The van der Waals surface area contributed by atoms with Crippen LogP contribution in [0.2, 0.25) is 0 Å². The molecule has 1 rings (SSSR count). The Bertz CT molecular complexity index is 237. The highest BCUT2D eigenvalue weighted by Crippen LogP contribution is 2.15. The van der Waals surface area contributed by atoms with E-state index >= 15 is 0 Å². The number of nitrogens with two attached hydrogens (primary N) is 2. The minimum atomic E-state index is 0.436. The van der Waals surface area contributed by atoms with E-state index in [2.05, 4.69) is 18.4 Å². The van der Waals surface area contributed by atoms with E-state index in [4.69, 9.17) is 11.5 Å². The maximum atomic E-state index is 5.62. The summed E-state index contributed by atoms with van der Waals surface area (Å²) in [5.41, 5.74) is 13.0. The first-order chi connectivity index (χ1) is 5.15. The maximum absolute atomic E-state index is 5.62. The number of aromatic nitrogens is 1. The first-order valence-electron chi connectivity index (χ1n) is 3.81. The van der Waals surface area contributed by atoms with E-state index in [1.807, 2.05) is 12.3 Å². The van der Waals surface area contributed by atoms with Crippen LogP contribution in [0.5, 0.6) is 0 Å². The van der Waals surface area contributed by atoms with Crippen molar-refractivity contribution in [3.63, 3.8) is 0 Å². The van der Waals surface area contributed by atoms with Crippen LogP contribution in [0.1, 0.15) is 25.6 Å². The van der Waals surface area contributed by atoms with Crippen molar-refractivity contribution in [2.75, 3.05) is 5.73 Å². The van der Waals surface area contributed by atoms with E-state index in [1.54, 1.807) is 0 Å². The summed E-state index contributed by atoms with van der Waals surface area (Å²) in [7, 11) is 0. The second-order valence-corrected chi connectivity index (χ2v) is 2.97. The second-order valence-electron chi connectivity index (χ2n) is 2.97. The lowest BCUT2D eigenvalue weighted by atomic mass is 10.3. The Balaban J connectivity index is 3.02. The van der Waals surface area contributed by atoms with E-state index in [0.29, 0.717) is 12.6 Å². The molecule has 0 fully saturated rings. The minimum absolute atomic E-state index is 0.436. The molecule has 1 aromatic rings. The van der Waals surface area contributed by atoms with E-state index in [1.165, 1.54) is 0 Å². The predicted octanol–water partition coefficient (Wildman–Crippen LogP) is 1.11. The van der Waals surface area contributed by atoms with Gasteiger partial charge in [-0.25, -0.2) is 0 Å². The summed E-state index contributed by atoms with van der Waals surface area (Å²) >= 11 is 0. The van der Waals surface area contributed by atoms with Gasteiger partial charge in [-0.05, 0) is 19.9 Å². The van der Waals surface area contributed by atoms with Crippen molar-refractivity contribution in [3.8, 4) is 0 Å². The Kier molecular flexibility index (Phi) is 2.19. The molecule has 11 heavy (non-hydrogen) atoms. The molecule has 3 heteroatoms. The van der Waals surface area contributed by atoms with E-state index < -0.39 is 0 Å². The Hall–Kier alpha value is -0.960. The molecule has 0 aliphatic carbocycles. The van der Waals surface area contributed by atoms with Gasteiger partial charge in [0.15, 0.2) is 0 Å². The van der Waals surface area contributed by atoms with Gasteiger partial charge < -0.3 is 16.0 Å². The van der Waals surface area contributed by atoms with Crippen molar-refractivity contribution in [1.82, 2.24) is 4.57 Å².